The summed E-state index contributed by atoms with van der Waals surface area (Å²) < 4.78 is 11.2. The maximum atomic E-state index is 13.3. The van der Waals surface area contributed by atoms with E-state index < -0.39 is 0 Å². The highest BCUT2D eigenvalue weighted by Gasteiger charge is 2.26. The van der Waals surface area contributed by atoms with Gasteiger partial charge in [0, 0.05) is 51.1 Å². The normalized spacial score (nSPS) is 15.9. The molecule has 0 spiro atoms. The molecule has 6 nitrogen and oxygen atoms in total. The maximum Gasteiger partial charge on any atom is 0.276 e. The van der Waals surface area contributed by atoms with Gasteiger partial charge >= 0.3 is 0 Å². The van der Waals surface area contributed by atoms with Crippen LogP contribution in [0.3, 0.4) is 0 Å². The number of amides is 1. The zero-order valence-electron chi connectivity index (χ0n) is 17.5. The lowest BCUT2D eigenvalue weighted by Crippen LogP contribution is -2.37. The predicted octanol–water partition coefficient (Wildman–Crippen LogP) is 4.23. The quantitative estimate of drug-likeness (QED) is 0.589. The van der Waals surface area contributed by atoms with E-state index in [0.717, 1.165) is 36.3 Å². The number of benzene rings is 2. The van der Waals surface area contributed by atoms with Gasteiger partial charge in [0.2, 0.25) is 0 Å². The molecule has 0 bridgehead atoms. The first-order chi connectivity index (χ1) is 14.6. The van der Waals surface area contributed by atoms with E-state index in [1.54, 1.807) is 6.07 Å². The Morgan fingerprint density at radius 1 is 1.10 bits per heavy atom. The average molecular weight is 405 g/mol. The third kappa shape index (κ3) is 4.71. The van der Waals surface area contributed by atoms with E-state index >= 15 is 0 Å². The zero-order valence-corrected chi connectivity index (χ0v) is 17.5. The number of carbonyl (C=O) groups excluding carboxylic acids is 1. The minimum atomic E-state index is -0.145. The van der Waals surface area contributed by atoms with Gasteiger partial charge in [0.1, 0.15) is 0 Å². The number of carbonyl (C=O) groups is 1. The molecule has 2 aromatic carbocycles. The Morgan fingerprint density at radius 3 is 2.53 bits per heavy atom. The van der Waals surface area contributed by atoms with Gasteiger partial charge in [-0.3, -0.25) is 4.79 Å². The molecule has 3 aromatic rings. The summed E-state index contributed by atoms with van der Waals surface area (Å²) in [7, 11) is 4.02. The van der Waals surface area contributed by atoms with Crippen LogP contribution in [0.2, 0.25) is 0 Å². The highest BCUT2D eigenvalue weighted by Crippen LogP contribution is 2.23. The van der Waals surface area contributed by atoms with Crippen molar-refractivity contribution in [3.05, 3.63) is 71.9 Å². The molecule has 0 radical (unpaired) electrons. The van der Waals surface area contributed by atoms with Crippen LogP contribution >= 0.6 is 0 Å². The second-order valence-electron chi connectivity index (χ2n) is 7.82. The summed E-state index contributed by atoms with van der Waals surface area (Å²) in [4.78, 5) is 17.2. The lowest BCUT2D eigenvalue weighted by molar-refractivity contribution is 0.0499. The van der Waals surface area contributed by atoms with E-state index in [1.807, 2.05) is 49.3 Å². The van der Waals surface area contributed by atoms with Crippen LogP contribution in [-0.2, 0) is 11.3 Å². The monoisotopic (exact) mass is 405 g/mol. The molecule has 6 heteroatoms. The minimum Gasteiger partial charge on any atom is -0.378 e. The molecule has 0 N–H and O–H groups in total. The van der Waals surface area contributed by atoms with Crippen LogP contribution in [-0.4, -0.2) is 49.3 Å². The predicted molar refractivity (Wildman–Crippen MR) is 116 cm³/mol. The summed E-state index contributed by atoms with van der Waals surface area (Å²) >= 11 is 0. The molecule has 1 fully saturated rings. The molecule has 0 saturated carbocycles. The van der Waals surface area contributed by atoms with Gasteiger partial charge in [-0.2, -0.15) is 0 Å². The van der Waals surface area contributed by atoms with Gasteiger partial charge in [-0.05, 0) is 30.5 Å². The van der Waals surface area contributed by atoms with Crippen molar-refractivity contribution in [3.63, 3.8) is 0 Å². The Hall–Kier alpha value is -3.12. The summed E-state index contributed by atoms with van der Waals surface area (Å²) in [6.45, 7) is 1.80. The fraction of sp³-hybridized carbons (Fsp3) is 0.333. The van der Waals surface area contributed by atoms with Gasteiger partial charge < -0.3 is 19.1 Å². The molecule has 1 aromatic heterocycles. The van der Waals surface area contributed by atoms with Crippen LogP contribution in [0.1, 0.15) is 28.9 Å². The molecular formula is C24H27N3O3. The second-order valence-corrected chi connectivity index (χ2v) is 7.82. The SMILES string of the molecule is CN(C)c1ccc(CN(C[C@@H]2CCCO2)C(=O)c2cc(-c3ccccc3)on2)cc1. The van der Waals surface area contributed by atoms with Crippen molar-refractivity contribution >= 4 is 11.6 Å². The van der Waals surface area contributed by atoms with E-state index in [4.69, 9.17) is 9.26 Å². The fourth-order valence-corrected chi connectivity index (χ4v) is 3.65. The van der Waals surface area contributed by atoms with Crippen LogP contribution < -0.4 is 4.90 Å². The Morgan fingerprint density at radius 2 is 1.87 bits per heavy atom. The number of hydrogen-bond acceptors (Lipinski definition) is 5. The first kappa shape index (κ1) is 20.2. The number of aromatic nitrogens is 1. The van der Waals surface area contributed by atoms with Crippen molar-refractivity contribution in [2.75, 3.05) is 32.1 Å². The molecule has 156 valence electrons. The van der Waals surface area contributed by atoms with Crippen LogP contribution in [0.25, 0.3) is 11.3 Å². The standard InChI is InChI=1S/C24H27N3O3/c1-26(2)20-12-10-18(11-13-20)16-27(17-21-9-6-14-29-21)24(28)22-15-23(30-25-22)19-7-4-3-5-8-19/h3-5,7-8,10-13,15,21H,6,9,14,16-17H2,1-2H3/t21-/m0/s1. The van der Waals surface area contributed by atoms with Gasteiger partial charge in [0.15, 0.2) is 11.5 Å². The number of anilines is 1. The Balaban J connectivity index is 1.54. The van der Waals surface area contributed by atoms with E-state index in [0.29, 0.717) is 24.5 Å². The van der Waals surface area contributed by atoms with Crippen LogP contribution in [0, 0.1) is 0 Å². The van der Waals surface area contributed by atoms with Crippen molar-refractivity contribution in [1.82, 2.24) is 10.1 Å². The summed E-state index contributed by atoms with van der Waals surface area (Å²) in [5.41, 5.74) is 3.41. The smallest absolute Gasteiger partial charge is 0.276 e. The maximum absolute atomic E-state index is 13.3. The van der Waals surface area contributed by atoms with Crippen molar-refractivity contribution in [3.8, 4) is 11.3 Å². The largest absolute Gasteiger partial charge is 0.378 e. The second kappa shape index (κ2) is 9.13. The summed E-state index contributed by atoms with van der Waals surface area (Å²) in [6, 6.07) is 19.6. The first-order valence-corrected chi connectivity index (χ1v) is 10.3. The zero-order chi connectivity index (χ0) is 20.9. The van der Waals surface area contributed by atoms with Crippen LogP contribution in [0.15, 0.2) is 65.2 Å². The lowest BCUT2D eigenvalue weighted by Gasteiger charge is -2.25. The summed E-state index contributed by atoms with van der Waals surface area (Å²) in [5.74, 6) is 0.444. The van der Waals surface area contributed by atoms with Gasteiger partial charge in [-0.15, -0.1) is 0 Å². The third-order valence-electron chi connectivity index (χ3n) is 5.35. The molecule has 0 unspecified atom stereocenters. The number of nitrogens with zero attached hydrogens (tertiary/aromatic N) is 3. The van der Waals surface area contributed by atoms with Crippen molar-refractivity contribution < 1.29 is 14.1 Å². The molecule has 1 atom stereocenters. The van der Waals surface area contributed by atoms with Gasteiger partial charge in [-0.25, -0.2) is 0 Å². The molecule has 1 aliphatic heterocycles. The molecule has 1 saturated heterocycles. The number of hydrogen-bond donors (Lipinski definition) is 0. The Bertz CT molecular complexity index is 961. The van der Waals surface area contributed by atoms with E-state index in [1.165, 1.54) is 0 Å². The average Bonchev–Trinajstić information content (AvgIpc) is 3.46. The van der Waals surface area contributed by atoms with E-state index in [-0.39, 0.29) is 12.0 Å². The number of rotatable bonds is 7. The highest BCUT2D eigenvalue weighted by molar-refractivity contribution is 5.93. The lowest BCUT2D eigenvalue weighted by atomic mass is 10.1. The highest BCUT2D eigenvalue weighted by atomic mass is 16.5. The van der Waals surface area contributed by atoms with Crippen molar-refractivity contribution in [1.29, 1.82) is 0 Å². The van der Waals surface area contributed by atoms with Gasteiger partial charge in [-0.1, -0.05) is 47.6 Å². The van der Waals surface area contributed by atoms with Gasteiger partial charge in [0.05, 0.1) is 6.10 Å². The molecule has 0 aliphatic carbocycles. The number of ether oxygens (including phenoxy) is 1. The minimum absolute atomic E-state index is 0.0653. The van der Waals surface area contributed by atoms with E-state index in [2.05, 4.69) is 34.3 Å². The summed E-state index contributed by atoms with van der Waals surface area (Å²) in [6.07, 6.45) is 2.07. The molecule has 1 amide bonds. The molecular weight excluding hydrogens is 378 g/mol. The Kier molecular flexibility index (Phi) is 6.14. The van der Waals surface area contributed by atoms with E-state index in [9.17, 15) is 4.79 Å². The summed E-state index contributed by atoms with van der Waals surface area (Å²) in [5, 5.41) is 4.05. The molecule has 30 heavy (non-hydrogen) atoms. The van der Waals surface area contributed by atoms with Crippen molar-refractivity contribution in [2.45, 2.75) is 25.5 Å². The molecule has 1 aliphatic rings. The van der Waals surface area contributed by atoms with Crippen molar-refractivity contribution in [2.24, 2.45) is 0 Å². The molecule has 4 rings (SSSR count). The molecule has 2 heterocycles. The first-order valence-electron chi connectivity index (χ1n) is 10.3. The van der Waals surface area contributed by atoms with Crippen LogP contribution in [0.4, 0.5) is 5.69 Å². The Labute approximate surface area is 177 Å². The third-order valence-corrected chi connectivity index (χ3v) is 5.35. The van der Waals surface area contributed by atoms with Crippen LogP contribution in [0.5, 0.6) is 0 Å². The topological polar surface area (TPSA) is 58.8 Å². The van der Waals surface area contributed by atoms with Gasteiger partial charge in [0.25, 0.3) is 5.91 Å². The fourth-order valence-electron chi connectivity index (χ4n) is 3.65.